The predicted octanol–water partition coefficient (Wildman–Crippen LogP) is 5.75. The maximum Gasteiger partial charge on any atom is 0.306 e. The van der Waals surface area contributed by atoms with Crippen LogP contribution in [-0.4, -0.2) is 69.2 Å². The molecule has 8 nitrogen and oxygen atoms in total. The Morgan fingerprint density at radius 2 is 1.25 bits per heavy atom. The number of esters is 1. The van der Waals surface area contributed by atoms with E-state index in [-0.39, 0.29) is 13.0 Å². The fraction of sp³-hybridized carbons (Fsp3) is 0.963. The van der Waals surface area contributed by atoms with Gasteiger partial charge in [-0.2, -0.15) is 0 Å². The first-order valence-electron chi connectivity index (χ1n) is 14.3. The summed E-state index contributed by atoms with van der Waals surface area (Å²) in [5.41, 5.74) is 0. The van der Waals surface area contributed by atoms with E-state index in [0.29, 0.717) is 11.0 Å². The van der Waals surface area contributed by atoms with E-state index in [1.807, 2.05) is 21.1 Å². The average molecular weight is 538 g/mol. The predicted molar refractivity (Wildman–Crippen MR) is 144 cm³/mol. The number of nitrogens with zero attached hydrogens (tertiary/aromatic N) is 1. The number of aliphatic hydroxyl groups is 1. The van der Waals surface area contributed by atoms with Crippen molar-refractivity contribution in [2.24, 2.45) is 0 Å². The molecular formula is C27H56NO7P. The Morgan fingerprint density at radius 3 is 1.67 bits per heavy atom. The van der Waals surface area contributed by atoms with Gasteiger partial charge in [-0.1, -0.05) is 103 Å². The van der Waals surface area contributed by atoms with Gasteiger partial charge in [-0.3, -0.25) is 9.36 Å². The molecule has 0 aromatic carbocycles. The Balaban J connectivity index is 3.65. The molecule has 0 rings (SSSR count). The van der Waals surface area contributed by atoms with Gasteiger partial charge in [-0.15, -0.1) is 0 Å². The van der Waals surface area contributed by atoms with E-state index in [0.717, 1.165) is 19.3 Å². The Morgan fingerprint density at radius 1 is 0.806 bits per heavy atom. The molecule has 0 radical (unpaired) electrons. The van der Waals surface area contributed by atoms with Crippen molar-refractivity contribution < 1.29 is 37.6 Å². The zero-order valence-electron chi connectivity index (χ0n) is 23.7. The van der Waals surface area contributed by atoms with Gasteiger partial charge >= 0.3 is 5.97 Å². The minimum Gasteiger partial charge on any atom is -0.756 e. The van der Waals surface area contributed by atoms with Gasteiger partial charge in [0.05, 0.1) is 34.4 Å². The zero-order chi connectivity index (χ0) is 27.1. The standard InChI is InChI=1S/C27H56NO7P/c1-5-6-7-8-9-10-11-12-13-14-15-16-17-18-19-20-21-27(30)35-26(24-29)25-34-36(31,32)33-23-22-28(2,3)4/h26,29H,5-25H2,1-4H3. The van der Waals surface area contributed by atoms with Crippen molar-refractivity contribution in [1.82, 2.24) is 0 Å². The Hall–Kier alpha value is -0.500. The van der Waals surface area contributed by atoms with Crippen LogP contribution in [0.3, 0.4) is 0 Å². The molecule has 0 aromatic rings. The summed E-state index contributed by atoms with van der Waals surface area (Å²) >= 11 is 0. The van der Waals surface area contributed by atoms with Gasteiger partial charge in [0.15, 0.2) is 0 Å². The lowest BCUT2D eigenvalue weighted by Crippen LogP contribution is -2.37. The number of carbonyl (C=O) groups is 1. The summed E-state index contributed by atoms with van der Waals surface area (Å²) in [5.74, 6) is -0.449. The highest BCUT2D eigenvalue weighted by Gasteiger charge is 2.19. The summed E-state index contributed by atoms with van der Waals surface area (Å²) < 4.78 is 27.1. The number of phosphoric ester groups is 1. The normalized spacial score (nSPS) is 14.5. The van der Waals surface area contributed by atoms with Crippen molar-refractivity contribution in [3.05, 3.63) is 0 Å². The smallest absolute Gasteiger partial charge is 0.306 e. The highest BCUT2D eigenvalue weighted by molar-refractivity contribution is 7.45. The summed E-state index contributed by atoms with van der Waals surface area (Å²) in [5, 5.41) is 9.37. The van der Waals surface area contributed by atoms with Crippen LogP contribution in [0.25, 0.3) is 0 Å². The van der Waals surface area contributed by atoms with Crippen LogP contribution < -0.4 is 4.89 Å². The number of hydrogen-bond acceptors (Lipinski definition) is 7. The van der Waals surface area contributed by atoms with E-state index >= 15 is 0 Å². The first-order chi connectivity index (χ1) is 17.1. The van der Waals surface area contributed by atoms with Crippen LogP contribution in [0.2, 0.25) is 0 Å². The number of hydrogen-bond donors (Lipinski definition) is 1. The van der Waals surface area contributed by atoms with Gasteiger partial charge in [0.25, 0.3) is 7.82 Å². The lowest BCUT2D eigenvalue weighted by atomic mass is 10.0. The molecule has 0 amide bonds. The Kier molecular flexibility index (Phi) is 22.2. The molecule has 216 valence electrons. The highest BCUT2D eigenvalue weighted by atomic mass is 31.2. The van der Waals surface area contributed by atoms with Crippen LogP contribution in [0, 0.1) is 0 Å². The van der Waals surface area contributed by atoms with E-state index in [2.05, 4.69) is 6.92 Å². The minimum atomic E-state index is -4.51. The van der Waals surface area contributed by atoms with Crippen molar-refractivity contribution in [2.75, 3.05) is 47.5 Å². The van der Waals surface area contributed by atoms with E-state index < -0.39 is 33.1 Å². The molecule has 0 aliphatic heterocycles. The van der Waals surface area contributed by atoms with Crippen molar-refractivity contribution in [3.8, 4) is 0 Å². The molecule has 0 aromatic heterocycles. The molecular weight excluding hydrogens is 481 g/mol. The lowest BCUT2D eigenvalue weighted by molar-refractivity contribution is -0.870. The number of ether oxygens (including phenoxy) is 1. The molecule has 2 atom stereocenters. The third-order valence-electron chi connectivity index (χ3n) is 6.17. The van der Waals surface area contributed by atoms with Gasteiger partial charge < -0.3 is 28.3 Å². The first kappa shape index (κ1) is 35.5. The molecule has 0 saturated heterocycles. The summed E-state index contributed by atoms with van der Waals surface area (Å²) in [6.45, 7) is 1.78. The van der Waals surface area contributed by atoms with E-state index in [4.69, 9.17) is 13.8 Å². The molecule has 0 aliphatic carbocycles. The van der Waals surface area contributed by atoms with Crippen molar-refractivity contribution in [2.45, 2.75) is 122 Å². The van der Waals surface area contributed by atoms with Crippen molar-refractivity contribution in [1.29, 1.82) is 0 Å². The quantitative estimate of drug-likeness (QED) is 0.0648. The van der Waals surface area contributed by atoms with Crippen LogP contribution in [0.4, 0.5) is 0 Å². The third-order valence-corrected chi connectivity index (χ3v) is 7.13. The van der Waals surface area contributed by atoms with Crippen LogP contribution in [0.5, 0.6) is 0 Å². The number of quaternary nitrogens is 1. The highest BCUT2D eigenvalue weighted by Crippen LogP contribution is 2.38. The fourth-order valence-corrected chi connectivity index (χ4v) is 4.55. The Bertz CT molecular complexity index is 569. The SMILES string of the molecule is CCCCCCCCCCCCCCCCCCC(=O)OC(CO)COP(=O)([O-])OCC[N+](C)(C)C. The Labute approximate surface area is 221 Å². The van der Waals surface area contributed by atoms with Crippen molar-refractivity contribution >= 4 is 13.8 Å². The number of carbonyl (C=O) groups excluding carboxylic acids is 1. The van der Waals surface area contributed by atoms with Gasteiger partial charge in [0, 0.05) is 6.42 Å². The zero-order valence-corrected chi connectivity index (χ0v) is 24.6. The summed E-state index contributed by atoms with van der Waals surface area (Å²) in [6, 6.07) is 0. The largest absolute Gasteiger partial charge is 0.756 e. The second kappa shape index (κ2) is 22.5. The molecule has 2 unspecified atom stereocenters. The summed E-state index contributed by atoms with van der Waals surface area (Å²) in [6.07, 6.45) is 19.5. The van der Waals surface area contributed by atoms with Gasteiger partial charge in [-0.25, -0.2) is 0 Å². The van der Waals surface area contributed by atoms with Crippen LogP contribution in [0.1, 0.15) is 116 Å². The monoisotopic (exact) mass is 537 g/mol. The lowest BCUT2D eigenvalue weighted by Gasteiger charge is -2.28. The van der Waals surface area contributed by atoms with Gasteiger partial charge in [0.1, 0.15) is 19.3 Å². The molecule has 0 bridgehead atoms. The molecule has 1 N–H and O–H groups in total. The maximum atomic E-state index is 12.0. The first-order valence-corrected chi connectivity index (χ1v) is 15.8. The van der Waals surface area contributed by atoms with E-state index in [1.54, 1.807) is 0 Å². The average Bonchev–Trinajstić information content (AvgIpc) is 2.80. The molecule has 0 fully saturated rings. The van der Waals surface area contributed by atoms with Crippen molar-refractivity contribution in [3.63, 3.8) is 0 Å². The topological polar surface area (TPSA) is 105 Å². The molecule has 0 heterocycles. The molecule has 9 heteroatoms. The molecule has 0 saturated carbocycles. The number of phosphoric acid groups is 1. The number of rotatable bonds is 26. The second-order valence-electron chi connectivity index (χ2n) is 10.9. The van der Waals surface area contributed by atoms with Crippen LogP contribution in [0.15, 0.2) is 0 Å². The maximum absolute atomic E-state index is 12.0. The minimum absolute atomic E-state index is 0.00683. The third kappa shape index (κ3) is 25.2. The summed E-state index contributed by atoms with van der Waals surface area (Å²) in [7, 11) is 1.25. The number of aliphatic hydroxyl groups excluding tert-OH is 1. The van der Waals surface area contributed by atoms with E-state index in [9.17, 15) is 19.4 Å². The van der Waals surface area contributed by atoms with Crippen LogP contribution in [-0.2, 0) is 23.1 Å². The van der Waals surface area contributed by atoms with Gasteiger partial charge in [0.2, 0.25) is 0 Å². The molecule has 0 spiro atoms. The summed E-state index contributed by atoms with van der Waals surface area (Å²) in [4.78, 5) is 23.8. The second-order valence-corrected chi connectivity index (χ2v) is 12.3. The van der Waals surface area contributed by atoms with E-state index in [1.165, 1.54) is 83.5 Å². The molecule has 0 aliphatic rings. The fourth-order valence-electron chi connectivity index (χ4n) is 3.82. The number of unbranched alkanes of at least 4 members (excludes halogenated alkanes) is 15. The number of likely N-dealkylation sites (N-methyl/N-ethyl adjacent to an activating group) is 1. The van der Waals surface area contributed by atoms with Crippen LogP contribution >= 0.6 is 7.82 Å². The van der Waals surface area contributed by atoms with Gasteiger partial charge in [-0.05, 0) is 6.42 Å². The molecule has 36 heavy (non-hydrogen) atoms.